The van der Waals surface area contributed by atoms with Gasteiger partial charge in [0.15, 0.2) is 0 Å². The Balaban J connectivity index is 2.26. The van der Waals surface area contributed by atoms with Crippen molar-refractivity contribution in [3.05, 3.63) is 42.1 Å². The topological polar surface area (TPSA) is 42.4 Å². The first-order valence-corrected chi connectivity index (χ1v) is 6.90. The summed E-state index contributed by atoms with van der Waals surface area (Å²) in [6.45, 7) is 4.67. The van der Waals surface area contributed by atoms with Crippen LogP contribution in [0.25, 0.3) is 10.9 Å². The van der Waals surface area contributed by atoms with Crippen molar-refractivity contribution in [2.24, 2.45) is 0 Å². The normalized spacial score (nSPS) is 14.5. The number of hydrogen-bond donors (Lipinski definition) is 1. The highest BCUT2D eigenvalue weighted by molar-refractivity contribution is 5.78. The Labute approximate surface area is 114 Å². The molecule has 0 saturated carbocycles. The fraction of sp³-hybridized carbons (Fsp3) is 0.438. The van der Waals surface area contributed by atoms with Gasteiger partial charge in [-0.3, -0.25) is 4.98 Å². The van der Waals surface area contributed by atoms with E-state index in [1.165, 1.54) is 0 Å². The summed E-state index contributed by atoms with van der Waals surface area (Å²) in [6.07, 6.45) is 2.88. The summed E-state index contributed by atoms with van der Waals surface area (Å²) < 4.78 is 5.64. The van der Waals surface area contributed by atoms with Crippen molar-refractivity contribution in [3.63, 3.8) is 0 Å². The highest BCUT2D eigenvalue weighted by atomic mass is 16.5. The lowest BCUT2D eigenvalue weighted by atomic mass is 9.99. The SMILES string of the molecule is CCCC(OCC)C(O)c1ccc2cccnc2c1. The predicted octanol–water partition coefficient (Wildman–Crippen LogP) is 3.47. The Bertz CT molecular complexity index is 521. The fourth-order valence-electron chi connectivity index (χ4n) is 2.31. The van der Waals surface area contributed by atoms with Crippen LogP contribution in [0.15, 0.2) is 36.5 Å². The average Bonchev–Trinajstić information content (AvgIpc) is 2.46. The maximum absolute atomic E-state index is 10.4. The van der Waals surface area contributed by atoms with Gasteiger partial charge >= 0.3 is 0 Å². The van der Waals surface area contributed by atoms with Gasteiger partial charge in [-0.1, -0.05) is 31.5 Å². The summed E-state index contributed by atoms with van der Waals surface area (Å²) in [6, 6.07) is 9.83. The smallest absolute Gasteiger partial charge is 0.105 e. The number of rotatable bonds is 6. The van der Waals surface area contributed by atoms with Crippen molar-refractivity contribution in [1.29, 1.82) is 0 Å². The van der Waals surface area contributed by atoms with Gasteiger partial charge in [-0.2, -0.15) is 0 Å². The third-order valence-corrected chi connectivity index (χ3v) is 3.28. The van der Waals surface area contributed by atoms with Crippen LogP contribution in [0.3, 0.4) is 0 Å². The summed E-state index contributed by atoms with van der Waals surface area (Å²) in [5.74, 6) is 0. The highest BCUT2D eigenvalue weighted by Crippen LogP contribution is 2.25. The molecule has 2 unspecified atom stereocenters. The average molecular weight is 259 g/mol. The summed E-state index contributed by atoms with van der Waals surface area (Å²) in [5, 5.41) is 11.5. The Morgan fingerprint density at radius 3 is 2.84 bits per heavy atom. The number of aromatic nitrogens is 1. The Kier molecular flexibility index (Phi) is 4.88. The van der Waals surface area contributed by atoms with E-state index in [1.807, 2.05) is 37.3 Å². The van der Waals surface area contributed by atoms with E-state index in [0.29, 0.717) is 6.61 Å². The summed E-state index contributed by atoms with van der Waals surface area (Å²) >= 11 is 0. The minimum Gasteiger partial charge on any atom is -0.386 e. The third-order valence-electron chi connectivity index (χ3n) is 3.28. The summed E-state index contributed by atoms with van der Waals surface area (Å²) in [7, 11) is 0. The zero-order valence-electron chi connectivity index (χ0n) is 11.5. The number of nitrogens with zero attached hydrogens (tertiary/aromatic N) is 1. The van der Waals surface area contributed by atoms with Gasteiger partial charge in [0.2, 0.25) is 0 Å². The standard InChI is InChI=1S/C16H21NO2/c1-3-6-15(19-4-2)16(18)13-9-8-12-7-5-10-17-14(12)11-13/h5,7-11,15-16,18H,3-4,6H2,1-2H3. The lowest BCUT2D eigenvalue weighted by Crippen LogP contribution is -2.22. The van der Waals surface area contributed by atoms with Crippen LogP contribution in [0.1, 0.15) is 38.4 Å². The highest BCUT2D eigenvalue weighted by Gasteiger charge is 2.20. The number of benzene rings is 1. The van der Waals surface area contributed by atoms with Gasteiger partial charge < -0.3 is 9.84 Å². The van der Waals surface area contributed by atoms with Crippen molar-refractivity contribution in [2.75, 3.05) is 6.61 Å². The minimum absolute atomic E-state index is 0.142. The number of fused-ring (bicyclic) bond motifs is 1. The van der Waals surface area contributed by atoms with Gasteiger partial charge in [0.25, 0.3) is 0 Å². The molecular weight excluding hydrogens is 238 g/mol. The second kappa shape index (κ2) is 6.64. The quantitative estimate of drug-likeness (QED) is 0.863. The molecule has 2 aromatic rings. The molecular formula is C16H21NO2. The van der Waals surface area contributed by atoms with Gasteiger partial charge in [0.1, 0.15) is 6.10 Å². The number of pyridine rings is 1. The van der Waals surface area contributed by atoms with Crippen LogP contribution in [0.2, 0.25) is 0 Å². The van der Waals surface area contributed by atoms with Crippen LogP contribution < -0.4 is 0 Å². The lowest BCUT2D eigenvalue weighted by Gasteiger charge is -2.23. The molecule has 1 aromatic carbocycles. The molecule has 3 nitrogen and oxygen atoms in total. The Morgan fingerprint density at radius 1 is 1.26 bits per heavy atom. The van der Waals surface area contributed by atoms with E-state index < -0.39 is 6.10 Å². The number of aliphatic hydroxyl groups excluding tert-OH is 1. The molecule has 2 atom stereocenters. The van der Waals surface area contributed by atoms with Gasteiger partial charge in [-0.25, -0.2) is 0 Å². The number of hydrogen-bond acceptors (Lipinski definition) is 3. The van der Waals surface area contributed by atoms with Crippen LogP contribution in [0.5, 0.6) is 0 Å². The van der Waals surface area contributed by atoms with Gasteiger partial charge in [0.05, 0.1) is 11.6 Å². The molecule has 3 heteroatoms. The molecule has 0 bridgehead atoms. The molecule has 102 valence electrons. The van der Waals surface area contributed by atoms with Crippen molar-refractivity contribution < 1.29 is 9.84 Å². The Morgan fingerprint density at radius 2 is 2.11 bits per heavy atom. The van der Waals surface area contributed by atoms with Gasteiger partial charge in [-0.05, 0) is 31.0 Å². The monoisotopic (exact) mass is 259 g/mol. The predicted molar refractivity (Wildman–Crippen MR) is 77.0 cm³/mol. The van der Waals surface area contributed by atoms with Crippen LogP contribution in [-0.4, -0.2) is 22.8 Å². The molecule has 1 N–H and O–H groups in total. The molecule has 0 spiro atoms. The molecule has 0 aliphatic heterocycles. The molecule has 0 amide bonds. The molecule has 1 aromatic heterocycles. The van der Waals surface area contributed by atoms with Crippen LogP contribution in [0.4, 0.5) is 0 Å². The fourth-order valence-corrected chi connectivity index (χ4v) is 2.31. The van der Waals surface area contributed by atoms with Crippen LogP contribution in [0, 0.1) is 0 Å². The molecule has 0 aliphatic rings. The number of ether oxygens (including phenoxy) is 1. The van der Waals surface area contributed by atoms with Crippen molar-refractivity contribution in [3.8, 4) is 0 Å². The van der Waals surface area contributed by atoms with Crippen molar-refractivity contribution in [2.45, 2.75) is 38.9 Å². The lowest BCUT2D eigenvalue weighted by molar-refractivity contribution is -0.0384. The molecule has 0 saturated heterocycles. The molecule has 1 heterocycles. The first-order valence-electron chi connectivity index (χ1n) is 6.90. The summed E-state index contributed by atoms with van der Waals surface area (Å²) in [4.78, 5) is 4.32. The van der Waals surface area contributed by atoms with E-state index in [9.17, 15) is 5.11 Å². The molecule has 19 heavy (non-hydrogen) atoms. The van der Waals surface area contributed by atoms with E-state index in [2.05, 4.69) is 11.9 Å². The van der Waals surface area contributed by atoms with E-state index in [1.54, 1.807) is 6.20 Å². The first-order chi connectivity index (χ1) is 9.26. The molecule has 2 rings (SSSR count). The maximum atomic E-state index is 10.4. The van der Waals surface area contributed by atoms with Crippen LogP contribution >= 0.6 is 0 Å². The summed E-state index contributed by atoms with van der Waals surface area (Å²) in [5.41, 5.74) is 1.78. The van der Waals surface area contributed by atoms with Gasteiger partial charge in [-0.15, -0.1) is 0 Å². The second-order valence-electron chi connectivity index (χ2n) is 4.68. The van der Waals surface area contributed by atoms with E-state index in [0.717, 1.165) is 29.3 Å². The Hall–Kier alpha value is -1.45. The van der Waals surface area contributed by atoms with Crippen molar-refractivity contribution in [1.82, 2.24) is 4.98 Å². The first kappa shape index (κ1) is 14.0. The van der Waals surface area contributed by atoms with Crippen molar-refractivity contribution >= 4 is 10.9 Å². The molecule has 0 radical (unpaired) electrons. The largest absolute Gasteiger partial charge is 0.386 e. The maximum Gasteiger partial charge on any atom is 0.105 e. The third kappa shape index (κ3) is 3.31. The van der Waals surface area contributed by atoms with E-state index in [4.69, 9.17) is 4.74 Å². The zero-order valence-corrected chi connectivity index (χ0v) is 11.5. The minimum atomic E-state index is -0.591. The van der Waals surface area contributed by atoms with Gasteiger partial charge in [0, 0.05) is 18.2 Å². The molecule has 0 fully saturated rings. The van der Waals surface area contributed by atoms with E-state index in [-0.39, 0.29) is 6.10 Å². The molecule has 0 aliphatic carbocycles. The van der Waals surface area contributed by atoms with Crippen LogP contribution in [-0.2, 0) is 4.74 Å². The zero-order chi connectivity index (χ0) is 13.7. The number of aliphatic hydroxyl groups is 1. The van der Waals surface area contributed by atoms with E-state index >= 15 is 0 Å². The second-order valence-corrected chi connectivity index (χ2v) is 4.68.